The molecule has 2 aromatic rings. The van der Waals surface area contributed by atoms with Crippen LogP contribution in [0.4, 0.5) is 0 Å². The molecule has 84 valence electrons. The van der Waals surface area contributed by atoms with Gasteiger partial charge < -0.3 is 10.2 Å². The second-order valence-corrected chi connectivity index (χ2v) is 4.29. The lowest BCUT2D eigenvalue weighted by Crippen LogP contribution is -2.13. The minimum absolute atomic E-state index is 0.172. The van der Waals surface area contributed by atoms with Crippen molar-refractivity contribution in [1.82, 2.24) is 0 Å². The molecule has 0 aliphatic carbocycles. The summed E-state index contributed by atoms with van der Waals surface area (Å²) in [6, 6.07) is 7.94. The van der Waals surface area contributed by atoms with E-state index in [1.54, 1.807) is 6.26 Å². The van der Waals surface area contributed by atoms with Gasteiger partial charge >= 0.3 is 0 Å². The zero-order chi connectivity index (χ0) is 11.7. The average Bonchev–Trinajstić information content (AvgIpc) is 2.75. The molecule has 0 aliphatic rings. The Morgan fingerprint density at radius 2 is 1.75 bits per heavy atom. The van der Waals surface area contributed by atoms with Gasteiger partial charge in [0.1, 0.15) is 5.76 Å². The molecule has 1 heterocycles. The van der Waals surface area contributed by atoms with Gasteiger partial charge in [0.15, 0.2) is 0 Å². The molecule has 2 N–H and O–H groups in total. The van der Waals surface area contributed by atoms with Crippen molar-refractivity contribution in [2.24, 2.45) is 5.73 Å². The number of benzene rings is 1. The molecule has 0 radical (unpaired) electrons. The van der Waals surface area contributed by atoms with E-state index in [2.05, 4.69) is 32.9 Å². The molecule has 2 rings (SSSR count). The maximum atomic E-state index is 6.19. The standard InChI is InChI=1S/C14H17NO/c1-9-7-11(3)12(8-10(9)2)14(15)13-5-4-6-16-13/h4-8,14H,15H2,1-3H3. The third kappa shape index (κ3) is 1.89. The maximum absolute atomic E-state index is 6.19. The highest BCUT2D eigenvalue weighted by Crippen LogP contribution is 2.25. The molecule has 0 saturated heterocycles. The summed E-state index contributed by atoms with van der Waals surface area (Å²) in [5, 5.41) is 0. The van der Waals surface area contributed by atoms with Gasteiger partial charge in [-0.05, 0) is 55.2 Å². The van der Waals surface area contributed by atoms with Crippen LogP contribution >= 0.6 is 0 Å². The maximum Gasteiger partial charge on any atom is 0.125 e. The SMILES string of the molecule is Cc1cc(C)c(C(N)c2ccco2)cc1C. The predicted octanol–water partition coefficient (Wildman–Crippen LogP) is 3.25. The molecule has 0 spiro atoms. The first-order valence-corrected chi connectivity index (χ1v) is 5.46. The lowest BCUT2D eigenvalue weighted by Gasteiger charge is -2.14. The first-order valence-electron chi connectivity index (χ1n) is 5.46. The summed E-state index contributed by atoms with van der Waals surface area (Å²) in [6.45, 7) is 6.31. The number of hydrogen-bond acceptors (Lipinski definition) is 2. The summed E-state index contributed by atoms with van der Waals surface area (Å²) in [5.74, 6) is 0.811. The lowest BCUT2D eigenvalue weighted by atomic mass is 9.95. The van der Waals surface area contributed by atoms with Gasteiger partial charge in [-0.3, -0.25) is 0 Å². The van der Waals surface area contributed by atoms with Gasteiger partial charge in [-0.2, -0.15) is 0 Å². The largest absolute Gasteiger partial charge is 0.467 e. The third-order valence-corrected chi connectivity index (χ3v) is 3.07. The molecule has 1 unspecified atom stereocenters. The van der Waals surface area contributed by atoms with Crippen LogP contribution in [-0.4, -0.2) is 0 Å². The molecular weight excluding hydrogens is 198 g/mol. The van der Waals surface area contributed by atoms with Gasteiger partial charge in [0.25, 0.3) is 0 Å². The topological polar surface area (TPSA) is 39.2 Å². The lowest BCUT2D eigenvalue weighted by molar-refractivity contribution is 0.489. The highest BCUT2D eigenvalue weighted by molar-refractivity contribution is 5.40. The van der Waals surface area contributed by atoms with Crippen molar-refractivity contribution in [3.63, 3.8) is 0 Å². The van der Waals surface area contributed by atoms with Crippen LogP contribution in [0.25, 0.3) is 0 Å². The van der Waals surface area contributed by atoms with Gasteiger partial charge in [0, 0.05) is 0 Å². The van der Waals surface area contributed by atoms with E-state index in [9.17, 15) is 0 Å². The van der Waals surface area contributed by atoms with E-state index in [4.69, 9.17) is 10.2 Å². The zero-order valence-electron chi connectivity index (χ0n) is 9.95. The fourth-order valence-electron chi connectivity index (χ4n) is 1.94. The minimum Gasteiger partial charge on any atom is -0.467 e. The van der Waals surface area contributed by atoms with Crippen molar-refractivity contribution < 1.29 is 4.42 Å². The average molecular weight is 215 g/mol. The van der Waals surface area contributed by atoms with E-state index >= 15 is 0 Å². The van der Waals surface area contributed by atoms with Crippen LogP contribution in [-0.2, 0) is 0 Å². The van der Waals surface area contributed by atoms with Crippen molar-refractivity contribution in [3.8, 4) is 0 Å². The van der Waals surface area contributed by atoms with E-state index in [-0.39, 0.29) is 6.04 Å². The number of furan rings is 1. The van der Waals surface area contributed by atoms with Crippen LogP contribution < -0.4 is 5.73 Å². The smallest absolute Gasteiger partial charge is 0.125 e. The fraction of sp³-hybridized carbons (Fsp3) is 0.286. The Morgan fingerprint density at radius 1 is 1.06 bits per heavy atom. The van der Waals surface area contributed by atoms with E-state index in [1.165, 1.54) is 16.7 Å². The molecule has 0 bridgehead atoms. The highest BCUT2D eigenvalue weighted by Gasteiger charge is 2.14. The summed E-state index contributed by atoms with van der Waals surface area (Å²) < 4.78 is 5.35. The van der Waals surface area contributed by atoms with Crippen molar-refractivity contribution in [2.75, 3.05) is 0 Å². The quantitative estimate of drug-likeness (QED) is 0.835. The van der Waals surface area contributed by atoms with Gasteiger partial charge in [-0.25, -0.2) is 0 Å². The molecule has 0 saturated carbocycles. The van der Waals surface area contributed by atoms with E-state index in [0.29, 0.717) is 0 Å². The second-order valence-electron chi connectivity index (χ2n) is 4.29. The normalized spacial score (nSPS) is 12.8. The Balaban J connectivity index is 2.44. The Morgan fingerprint density at radius 3 is 2.38 bits per heavy atom. The molecule has 2 heteroatoms. The fourth-order valence-corrected chi connectivity index (χ4v) is 1.94. The number of rotatable bonds is 2. The molecule has 1 aromatic heterocycles. The third-order valence-electron chi connectivity index (χ3n) is 3.07. The number of aryl methyl sites for hydroxylation is 3. The first kappa shape index (κ1) is 11.0. The Bertz CT molecular complexity index is 486. The van der Waals surface area contributed by atoms with Crippen molar-refractivity contribution in [3.05, 3.63) is 58.5 Å². The number of hydrogen-bond donors (Lipinski definition) is 1. The van der Waals surface area contributed by atoms with Crippen LogP contribution in [0.2, 0.25) is 0 Å². The minimum atomic E-state index is -0.172. The molecule has 0 aliphatic heterocycles. The number of nitrogens with two attached hydrogens (primary N) is 1. The van der Waals surface area contributed by atoms with Gasteiger partial charge in [-0.1, -0.05) is 12.1 Å². The van der Waals surface area contributed by atoms with Crippen LogP contribution in [0, 0.1) is 20.8 Å². The first-order chi connectivity index (χ1) is 7.59. The Kier molecular flexibility index (Phi) is 2.84. The van der Waals surface area contributed by atoms with Crippen LogP contribution in [0.3, 0.4) is 0 Å². The van der Waals surface area contributed by atoms with E-state index < -0.39 is 0 Å². The Labute approximate surface area is 96.1 Å². The van der Waals surface area contributed by atoms with Crippen LogP contribution in [0.5, 0.6) is 0 Å². The van der Waals surface area contributed by atoms with Crippen LogP contribution in [0.15, 0.2) is 34.9 Å². The van der Waals surface area contributed by atoms with E-state index in [0.717, 1.165) is 11.3 Å². The van der Waals surface area contributed by atoms with Gasteiger partial charge in [0.2, 0.25) is 0 Å². The molecular formula is C14H17NO. The molecule has 16 heavy (non-hydrogen) atoms. The van der Waals surface area contributed by atoms with Gasteiger partial charge in [0.05, 0.1) is 12.3 Å². The van der Waals surface area contributed by atoms with Crippen LogP contribution in [0.1, 0.15) is 34.1 Å². The second kappa shape index (κ2) is 4.14. The van der Waals surface area contributed by atoms with Crippen molar-refractivity contribution in [1.29, 1.82) is 0 Å². The predicted molar refractivity (Wildman–Crippen MR) is 65.4 cm³/mol. The summed E-state index contributed by atoms with van der Waals surface area (Å²) in [6.07, 6.45) is 1.66. The van der Waals surface area contributed by atoms with Crippen molar-refractivity contribution >= 4 is 0 Å². The Hall–Kier alpha value is -1.54. The summed E-state index contributed by atoms with van der Waals surface area (Å²) in [7, 11) is 0. The van der Waals surface area contributed by atoms with Gasteiger partial charge in [-0.15, -0.1) is 0 Å². The molecule has 1 atom stereocenters. The zero-order valence-corrected chi connectivity index (χ0v) is 9.95. The van der Waals surface area contributed by atoms with Crippen molar-refractivity contribution in [2.45, 2.75) is 26.8 Å². The highest BCUT2D eigenvalue weighted by atomic mass is 16.3. The molecule has 0 fully saturated rings. The molecule has 2 nitrogen and oxygen atoms in total. The van der Waals surface area contributed by atoms with E-state index in [1.807, 2.05) is 12.1 Å². The molecule has 1 aromatic carbocycles. The summed E-state index contributed by atoms with van der Waals surface area (Å²) >= 11 is 0. The monoisotopic (exact) mass is 215 g/mol. The molecule has 0 amide bonds. The summed E-state index contributed by atoms with van der Waals surface area (Å²) in [4.78, 5) is 0. The summed E-state index contributed by atoms with van der Waals surface area (Å²) in [5.41, 5.74) is 11.1.